The summed E-state index contributed by atoms with van der Waals surface area (Å²) in [6, 6.07) is 5.76. The summed E-state index contributed by atoms with van der Waals surface area (Å²) >= 11 is 1.58. The molecule has 2 aromatic rings. The van der Waals surface area contributed by atoms with Crippen LogP contribution in [0.2, 0.25) is 0 Å². The van der Waals surface area contributed by atoms with Crippen LogP contribution in [0, 0.1) is 13.8 Å². The molecule has 0 saturated heterocycles. The first-order valence-electron chi connectivity index (χ1n) is 7.08. The normalized spacial score (nSPS) is 14.8. The van der Waals surface area contributed by atoms with Crippen molar-refractivity contribution >= 4 is 22.4 Å². The molecule has 5 heteroatoms. The second-order valence-electron chi connectivity index (χ2n) is 5.63. The highest BCUT2D eigenvalue weighted by Crippen LogP contribution is 2.28. The number of carbonyl (C=O) groups excluding carboxylic acids is 1. The van der Waals surface area contributed by atoms with Gasteiger partial charge in [0.15, 0.2) is 5.13 Å². The van der Waals surface area contributed by atoms with Crippen molar-refractivity contribution in [3.63, 3.8) is 0 Å². The first-order chi connectivity index (χ1) is 10.0. The molecule has 0 aliphatic carbocycles. The van der Waals surface area contributed by atoms with Crippen LogP contribution in [-0.4, -0.2) is 29.4 Å². The van der Waals surface area contributed by atoms with E-state index in [1.165, 1.54) is 10.4 Å². The number of fused-ring (bicyclic) bond motifs is 1. The van der Waals surface area contributed by atoms with Gasteiger partial charge in [0.05, 0.1) is 5.69 Å². The lowest BCUT2D eigenvalue weighted by Gasteiger charge is -2.20. The van der Waals surface area contributed by atoms with Crippen molar-refractivity contribution in [1.29, 1.82) is 0 Å². The van der Waals surface area contributed by atoms with Crippen molar-refractivity contribution in [1.82, 2.24) is 9.88 Å². The molecule has 1 aromatic heterocycles. The van der Waals surface area contributed by atoms with Crippen molar-refractivity contribution in [2.75, 3.05) is 18.9 Å². The van der Waals surface area contributed by atoms with Gasteiger partial charge in [0, 0.05) is 30.0 Å². The maximum Gasteiger partial charge on any atom is 0.257 e. The van der Waals surface area contributed by atoms with Crippen LogP contribution >= 0.6 is 11.3 Å². The van der Waals surface area contributed by atoms with Gasteiger partial charge in [-0.2, -0.15) is 0 Å². The van der Waals surface area contributed by atoms with E-state index < -0.39 is 0 Å². The Labute approximate surface area is 128 Å². The average Bonchev–Trinajstić information content (AvgIpc) is 2.83. The Balaban J connectivity index is 1.77. The second kappa shape index (κ2) is 5.58. The maximum atomic E-state index is 12.3. The molecule has 110 valence electrons. The molecule has 21 heavy (non-hydrogen) atoms. The van der Waals surface area contributed by atoms with Gasteiger partial charge in [-0.3, -0.25) is 10.1 Å². The Morgan fingerprint density at radius 1 is 1.33 bits per heavy atom. The van der Waals surface area contributed by atoms with Crippen LogP contribution < -0.4 is 5.32 Å². The van der Waals surface area contributed by atoms with Crippen LogP contribution in [-0.2, 0) is 13.0 Å². The number of aromatic nitrogens is 1. The summed E-state index contributed by atoms with van der Waals surface area (Å²) in [5.74, 6) is -0.0856. The molecule has 0 radical (unpaired) electrons. The SMILES string of the molecule is Cc1ccc(C(=O)Nc2nc3c(s2)CN(C)CC3)cc1C. The number of benzene rings is 1. The van der Waals surface area contributed by atoms with Crippen LogP contribution in [0.3, 0.4) is 0 Å². The predicted molar refractivity (Wildman–Crippen MR) is 86.0 cm³/mol. The van der Waals surface area contributed by atoms with E-state index in [1.807, 2.05) is 32.0 Å². The molecule has 4 nitrogen and oxygen atoms in total. The van der Waals surface area contributed by atoms with E-state index in [4.69, 9.17) is 0 Å². The highest BCUT2D eigenvalue weighted by atomic mass is 32.1. The van der Waals surface area contributed by atoms with E-state index in [0.29, 0.717) is 10.7 Å². The van der Waals surface area contributed by atoms with E-state index in [-0.39, 0.29) is 5.91 Å². The Morgan fingerprint density at radius 2 is 2.14 bits per heavy atom. The minimum Gasteiger partial charge on any atom is -0.301 e. The number of rotatable bonds is 2. The number of anilines is 1. The number of nitrogens with zero attached hydrogens (tertiary/aromatic N) is 2. The summed E-state index contributed by atoms with van der Waals surface area (Å²) in [5.41, 5.74) is 4.14. The van der Waals surface area contributed by atoms with Gasteiger partial charge in [0.25, 0.3) is 5.91 Å². The highest BCUT2D eigenvalue weighted by molar-refractivity contribution is 7.15. The topological polar surface area (TPSA) is 45.2 Å². The fraction of sp³-hybridized carbons (Fsp3) is 0.375. The largest absolute Gasteiger partial charge is 0.301 e. The maximum absolute atomic E-state index is 12.3. The van der Waals surface area contributed by atoms with Crippen LogP contribution in [0.15, 0.2) is 18.2 Å². The number of aryl methyl sites for hydroxylation is 2. The third-order valence-corrected chi connectivity index (χ3v) is 4.91. The standard InChI is InChI=1S/C16H19N3OS/c1-10-4-5-12(8-11(10)2)15(20)18-16-17-13-6-7-19(3)9-14(13)21-16/h4-5,8H,6-7,9H2,1-3H3,(H,17,18,20). The fourth-order valence-electron chi connectivity index (χ4n) is 2.43. The number of amides is 1. The summed E-state index contributed by atoms with van der Waals surface area (Å²) in [6.45, 7) is 6.01. The van der Waals surface area contributed by atoms with Crippen molar-refractivity contribution in [3.05, 3.63) is 45.5 Å². The van der Waals surface area contributed by atoms with Crippen molar-refractivity contribution in [2.24, 2.45) is 0 Å². The summed E-state index contributed by atoms with van der Waals surface area (Å²) in [6.07, 6.45) is 0.960. The minimum atomic E-state index is -0.0856. The van der Waals surface area contributed by atoms with Gasteiger partial charge in [0.1, 0.15) is 0 Å². The molecule has 0 unspecified atom stereocenters. The number of carbonyl (C=O) groups is 1. The lowest BCUT2D eigenvalue weighted by Crippen LogP contribution is -2.25. The lowest BCUT2D eigenvalue weighted by molar-refractivity contribution is 0.102. The molecule has 1 aliphatic rings. The zero-order chi connectivity index (χ0) is 15.0. The molecular weight excluding hydrogens is 282 g/mol. The van der Waals surface area contributed by atoms with E-state index in [2.05, 4.69) is 22.2 Å². The van der Waals surface area contributed by atoms with Gasteiger partial charge in [-0.25, -0.2) is 4.98 Å². The quantitative estimate of drug-likeness (QED) is 0.927. The molecule has 1 aromatic carbocycles. The number of nitrogens with one attached hydrogen (secondary N) is 1. The second-order valence-corrected chi connectivity index (χ2v) is 6.71. The summed E-state index contributed by atoms with van der Waals surface area (Å²) in [4.78, 5) is 20.4. The minimum absolute atomic E-state index is 0.0856. The molecule has 1 amide bonds. The van der Waals surface area contributed by atoms with E-state index >= 15 is 0 Å². The van der Waals surface area contributed by atoms with Crippen LogP contribution in [0.1, 0.15) is 32.1 Å². The molecule has 0 fully saturated rings. The summed E-state index contributed by atoms with van der Waals surface area (Å²) in [7, 11) is 2.11. The number of likely N-dealkylation sites (N-methyl/N-ethyl adjacent to an activating group) is 1. The van der Waals surface area contributed by atoms with Gasteiger partial charge >= 0.3 is 0 Å². The van der Waals surface area contributed by atoms with Crippen molar-refractivity contribution in [2.45, 2.75) is 26.8 Å². The van der Waals surface area contributed by atoms with Crippen LogP contribution in [0.25, 0.3) is 0 Å². The van der Waals surface area contributed by atoms with Gasteiger partial charge in [-0.05, 0) is 44.2 Å². The Hall–Kier alpha value is -1.72. The van der Waals surface area contributed by atoms with Crippen molar-refractivity contribution < 1.29 is 4.79 Å². The summed E-state index contributed by atoms with van der Waals surface area (Å²) < 4.78 is 0. The third kappa shape index (κ3) is 2.99. The number of hydrogen-bond donors (Lipinski definition) is 1. The van der Waals surface area contributed by atoms with E-state index in [9.17, 15) is 4.79 Å². The lowest BCUT2D eigenvalue weighted by atomic mass is 10.1. The molecule has 0 atom stereocenters. The molecule has 3 rings (SSSR count). The molecule has 0 bridgehead atoms. The average molecular weight is 301 g/mol. The van der Waals surface area contributed by atoms with Gasteiger partial charge in [0.2, 0.25) is 0 Å². The first kappa shape index (κ1) is 14.2. The zero-order valence-electron chi connectivity index (χ0n) is 12.6. The molecule has 1 N–H and O–H groups in total. The van der Waals surface area contributed by atoms with E-state index in [1.54, 1.807) is 11.3 Å². The van der Waals surface area contributed by atoms with Crippen LogP contribution in [0.5, 0.6) is 0 Å². The van der Waals surface area contributed by atoms with Gasteiger partial charge < -0.3 is 4.90 Å². The Bertz CT molecular complexity index is 693. The van der Waals surface area contributed by atoms with E-state index in [0.717, 1.165) is 30.8 Å². The number of hydrogen-bond acceptors (Lipinski definition) is 4. The fourth-order valence-corrected chi connectivity index (χ4v) is 3.51. The Kier molecular flexibility index (Phi) is 3.78. The first-order valence-corrected chi connectivity index (χ1v) is 7.90. The summed E-state index contributed by atoms with van der Waals surface area (Å²) in [5, 5.41) is 3.63. The van der Waals surface area contributed by atoms with Gasteiger partial charge in [-0.1, -0.05) is 6.07 Å². The van der Waals surface area contributed by atoms with Crippen molar-refractivity contribution in [3.8, 4) is 0 Å². The van der Waals surface area contributed by atoms with Crippen LogP contribution in [0.4, 0.5) is 5.13 Å². The Morgan fingerprint density at radius 3 is 2.90 bits per heavy atom. The number of thiazole rings is 1. The smallest absolute Gasteiger partial charge is 0.257 e. The molecule has 1 aliphatic heterocycles. The predicted octanol–water partition coefficient (Wildman–Crippen LogP) is 3.00. The molecule has 2 heterocycles. The molecule has 0 saturated carbocycles. The zero-order valence-corrected chi connectivity index (χ0v) is 13.4. The molecule has 0 spiro atoms. The monoisotopic (exact) mass is 301 g/mol. The third-order valence-electron chi connectivity index (χ3n) is 3.91. The van der Waals surface area contributed by atoms with Gasteiger partial charge in [-0.15, -0.1) is 11.3 Å². The molecular formula is C16H19N3OS. The highest BCUT2D eigenvalue weighted by Gasteiger charge is 2.19.